The van der Waals surface area contributed by atoms with E-state index in [4.69, 9.17) is 16.4 Å². The first-order chi connectivity index (χ1) is 7.34. The molecule has 76 valence electrons. The molecule has 0 unspecified atom stereocenters. The maximum Gasteiger partial charge on any atom is 0.155 e. The SMILES string of the molecule is Clc1ccc(NOc2ccccc2)cc1. The summed E-state index contributed by atoms with van der Waals surface area (Å²) in [6.45, 7) is 0. The van der Waals surface area contributed by atoms with Gasteiger partial charge in [0.1, 0.15) is 0 Å². The fourth-order valence-electron chi connectivity index (χ4n) is 1.12. The standard InChI is InChI=1S/C12H10ClNO/c13-10-6-8-11(9-7-10)14-15-12-4-2-1-3-5-12/h1-9,14H. The van der Waals surface area contributed by atoms with E-state index < -0.39 is 0 Å². The maximum atomic E-state index is 5.76. The van der Waals surface area contributed by atoms with Crippen molar-refractivity contribution in [1.82, 2.24) is 0 Å². The Morgan fingerprint density at radius 1 is 0.867 bits per heavy atom. The van der Waals surface area contributed by atoms with Gasteiger partial charge in [0.05, 0.1) is 5.69 Å². The highest BCUT2D eigenvalue weighted by Crippen LogP contribution is 2.15. The van der Waals surface area contributed by atoms with Crippen molar-refractivity contribution in [3.63, 3.8) is 0 Å². The van der Waals surface area contributed by atoms with Gasteiger partial charge in [0.2, 0.25) is 0 Å². The Hall–Kier alpha value is -1.67. The van der Waals surface area contributed by atoms with Gasteiger partial charge in [0.25, 0.3) is 0 Å². The highest BCUT2D eigenvalue weighted by molar-refractivity contribution is 6.30. The van der Waals surface area contributed by atoms with Gasteiger partial charge in [-0.3, -0.25) is 0 Å². The number of rotatable bonds is 3. The molecule has 0 saturated carbocycles. The average molecular weight is 220 g/mol. The molecule has 1 N–H and O–H groups in total. The van der Waals surface area contributed by atoms with Gasteiger partial charge in [0.15, 0.2) is 5.75 Å². The Morgan fingerprint density at radius 3 is 2.20 bits per heavy atom. The second kappa shape index (κ2) is 4.71. The molecule has 0 amide bonds. The van der Waals surface area contributed by atoms with Gasteiger partial charge in [-0.25, -0.2) is 5.48 Å². The van der Waals surface area contributed by atoms with Gasteiger partial charge in [0, 0.05) is 5.02 Å². The van der Waals surface area contributed by atoms with Crippen LogP contribution in [0.5, 0.6) is 5.75 Å². The summed E-state index contributed by atoms with van der Waals surface area (Å²) in [5, 5.41) is 0.709. The Balaban J connectivity index is 1.96. The first-order valence-corrected chi connectivity index (χ1v) is 4.96. The van der Waals surface area contributed by atoms with Gasteiger partial charge < -0.3 is 4.84 Å². The van der Waals surface area contributed by atoms with Crippen molar-refractivity contribution < 1.29 is 4.84 Å². The van der Waals surface area contributed by atoms with Crippen LogP contribution in [-0.4, -0.2) is 0 Å². The molecular formula is C12H10ClNO. The summed E-state index contributed by atoms with van der Waals surface area (Å²) in [5.74, 6) is 0.771. The van der Waals surface area contributed by atoms with E-state index in [0.29, 0.717) is 5.02 Å². The molecule has 2 aromatic rings. The molecule has 0 aliphatic rings. The molecule has 2 rings (SSSR count). The van der Waals surface area contributed by atoms with E-state index in [1.54, 1.807) is 12.1 Å². The molecular weight excluding hydrogens is 210 g/mol. The van der Waals surface area contributed by atoms with Crippen molar-refractivity contribution in [3.05, 3.63) is 59.6 Å². The lowest BCUT2D eigenvalue weighted by atomic mass is 10.3. The summed E-state index contributed by atoms with van der Waals surface area (Å²) < 4.78 is 0. The molecule has 0 saturated heterocycles. The van der Waals surface area contributed by atoms with Crippen LogP contribution < -0.4 is 10.3 Å². The van der Waals surface area contributed by atoms with Gasteiger partial charge >= 0.3 is 0 Å². The predicted molar refractivity (Wildman–Crippen MR) is 62.1 cm³/mol. The van der Waals surface area contributed by atoms with Crippen molar-refractivity contribution in [2.75, 3.05) is 5.48 Å². The van der Waals surface area contributed by atoms with Crippen molar-refractivity contribution in [2.24, 2.45) is 0 Å². The average Bonchev–Trinajstić information content (AvgIpc) is 2.30. The zero-order valence-electron chi connectivity index (χ0n) is 7.98. The first-order valence-electron chi connectivity index (χ1n) is 4.58. The fraction of sp³-hybridized carbons (Fsp3) is 0. The maximum absolute atomic E-state index is 5.76. The van der Waals surface area contributed by atoms with Gasteiger partial charge in [-0.15, -0.1) is 0 Å². The topological polar surface area (TPSA) is 21.3 Å². The lowest BCUT2D eigenvalue weighted by Crippen LogP contribution is -2.03. The van der Waals surface area contributed by atoms with Crippen LogP contribution in [0.15, 0.2) is 54.6 Å². The molecule has 0 spiro atoms. The second-order valence-electron chi connectivity index (χ2n) is 3.02. The van der Waals surface area contributed by atoms with Crippen LogP contribution in [0.3, 0.4) is 0 Å². The minimum atomic E-state index is 0.709. The normalized spacial score (nSPS) is 9.67. The van der Waals surface area contributed by atoms with Crippen molar-refractivity contribution in [2.45, 2.75) is 0 Å². The minimum absolute atomic E-state index is 0.709. The molecule has 0 atom stereocenters. The summed E-state index contributed by atoms with van der Waals surface area (Å²) in [4.78, 5) is 5.34. The van der Waals surface area contributed by atoms with E-state index in [1.165, 1.54) is 0 Å². The zero-order valence-corrected chi connectivity index (χ0v) is 8.74. The van der Waals surface area contributed by atoms with Crippen LogP contribution in [-0.2, 0) is 0 Å². The third-order valence-corrected chi connectivity index (χ3v) is 2.13. The van der Waals surface area contributed by atoms with E-state index in [1.807, 2.05) is 42.5 Å². The molecule has 2 nitrogen and oxygen atoms in total. The lowest BCUT2D eigenvalue weighted by Gasteiger charge is -2.07. The van der Waals surface area contributed by atoms with Crippen molar-refractivity contribution >= 4 is 17.3 Å². The van der Waals surface area contributed by atoms with E-state index in [0.717, 1.165) is 11.4 Å². The molecule has 0 aromatic heterocycles. The molecule has 0 aliphatic heterocycles. The number of nitrogens with one attached hydrogen (secondary N) is 1. The first kappa shape index (κ1) is 9.87. The second-order valence-corrected chi connectivity index (χ2v) is 3.46. The number of para-hydroxylation sites is 1. The summed E-state index contributed by atoms with van der Waals surface area (Å²) in [5.41, 5.74) is 3.69. The summed E-state index contributed by atoms with van der Waals surface area (Å²) >= 11 is 5.76. The zero-order chi connectivity index (χ0) is 10.5. The molecule has 0 aliphatic carbocycles. The van der Waals surface area contributed by atoms with E-state index in [9.17, 15) is 0 Å². The van der Waals surface area contributed by atoms with E-state index in [2.05, 4.69) is 5.48 Å². The summed E-state index contributed by atoms with van der Waals surface area (Å²) in [7, 11) is 0. The van der Waals surface area contributed by atoms with Gasteiger partial charge in [-0.2, -0.15) is 0 Å². The number of hydrogen-bond acceptors (Lipinski definition) is 2. The quantitative estimate of drug-likeness (QED) is 0.794. The molecule has 2 aromatic carbocycles. The van der Waals surface area contributed by atoms with E-state index in [-0.39, 0.29) is 0 Å². The number of benzene rings is 2. The largest absolute Gasteiger partial charge is 0.382 e. The lowest BCUT2D eigenvalue weighted by molar-refractivity contribution is 0.405. The minimum Gasteiger partial charge on any atom is -0.382 e. The third-order valence-electron chi connectivity index (χ3n) is 1.87. The molecule has 0 radical (unpaired) electrons. The molecule has 3 heteroatoms. The summed E-state index contributed by atoms with van der Waals surface area (Å²) in [6.07, 6.45) is 0. The molecule has 0 bridgehead atoms. The highest BCUT2D eigenvalue weighted by atomic mass is 35.5. The Morgan fingerprint density at radius 2 is 1.53 bits per heavy atom. The fourth-order valence-corrected chi connectivity index (χ4v) is 1.25. The smallest absolute Gasteiger partial charge is 0.155 e. The van der Waals surface area contributed by atoms with Crippen LogP contribution in [0.1, 0.15) is 0 Å². The van der Waals surface area contributed by atoms with Crippen LogP contribution in [0.2, 0.25) is 5.02 Å². The number of halogens is 1. The van der Waals surface area contributed by atoms with Gasteiger partial charge in [-0.05, 0) is 36.4 Å². The third kappa shape index (κ3) is 2.89. The Bertz CT molecular complexity index is 413. The monoisotopic (exact) mass is 219 g/mol. The van der Waals surface area contributed by atoms with Crippen molar-refractivity contribution in [3.8, 4) is 5.75 Å². The molecule has 0 heterocycles. The molecule has 15 heavy (non-hydrogen) atoms. The Kier molecular flexibility index (Phi) is 3.10. The van der Waals surface area contributed by atoms with Crippen LogP contribution in [0.4, 0.5) is 5.69 Å². The summed E-state index contributed by atoms with van der Waals surface area (Å²) in [6, 6.07) is 16.8. The van der Waals surface area contributed by atoms with Crippen LogP contribution in [0.25, 0.3) is 0 Å². The Labute approximate surface area is 93.4 Å². The van der Waals surface area contributed by atoms with Crippen LogP contribution in [0, 0.1) is 0 Å². The van der Waals surface area contributed by atoms with Crippen molar-refractivity contribution in [1.29, 1.82) is 0 Å². The predicted octanol–water partition coefficient (Wildman–Crippen LogP) is 3.75. The van der Waals surface area contributed by atoms with Gasteiger partial charge in [-0.1, -0.05) is 29.8 Å². The van der Waals surface area contributed by atoms with Crippen LogP contribution >= 0.6 is 11.6 Å². The number of hydrogen-bond donors (Lipinski definition) is 1. The highest BCUT2D eigenvalue weighted by Gasteiger charge is 1.93. The van der Waals surface area contributed by atoms with E-state index >= 15 is 0 Å². The molecule has 0 fully saturated rings. The number of anilines is 1.